The Balaban J connectivity index is 1.67. The van der Waals surface area contributed by atoms with Crippen molar-refractivity contribution in [3.05, 3.63) is 66.5 Å². The van der Waals surface area contributed by atoms with Crippen LogP contribution in [0.1, 0.15) is 49.4 Å². The first-order valence-electron chi connectivity index (χ1n) is 10.8. The van der Waals surface area contributed by atoms with Crippen molar-refractivity contribution >= 4 is 5.97 Å². The Hall–Kier alpha value is -3.42. The number of phenols is 1. The number of esters is 1. The van der Waals surface area contributed by atoms with Crippen LogP contribution in [-0.2, 0) is 4.74 Å². The van der Waals surface area contributed by atoms with Gasteiger partial charge in [-0.05, 0) is 31.0 Å². The number of alkyl halides is 3. The van der Waals surface area contributed by atoms with Crippen molar-refractivity contribution < 1.29 is 27.8 Å². The predicted molar refractivity (Wildman–Crippen MR) is 119 cm³/mol. The minimum Gasteiger partial charge on any atom is -0.507 e. The maximum absolute atomic E-state index is 13.3. The van der Waals surface area contributed by atoms with Gasteiger partial charge < -0.3 is 9.84 Å². The number of halogens is 3. The Morgan fingerprint density at radius 2 is 1.64 bits per heavy atom. The molecule has 3 aromatic rings. The summed E-state index contributed by atoms with van der Waals surface area (Å²) in [5.74, 6) is -0.535. The van der Waals surface area contributed by atoms with E-state index in [0.717, 1.165) is 12.8 Å². The van der Waals surface area contributed by atoms with E-state index in [0.29, 0.717) is 35.4 Å². The fourth-order valence-electron chi connectivity index (χ4n) is 3.33. The summed E-state index contributed by atoms with van der Waals surface area (Å²) < 4.78 is 44.6. The van der Waals surface area contributed by atoms with E-state index in [-0.39, 0.29) is 17.7 Å². The van der Waals surface area contributed by atoms with Gasteiger partial charge in [-0.25, -0.2) is 14.8 Å². The number of benzene rings is 2. The summed E-state index contributed by atoms with van der Waals surface area (Å²) in [5.41, 5.74) is 1.83. The number of carbonyl (C=O) groups is 1. The van der Waals surface area contributed by atoms with Gasteiger partial charge in [0, 0.05) is 29.1 Å². The normalized spacial score (nSPS) is 12.4. The predicted octanol–water partition coefficient (Wildman–Crippen LogP) is 6.57. The second-order valence-corrected chi connectivity index (χ2v) is 7.67. The summed E-state index contributed by atoms with van der Waals surface area (Å²) in [6, 6.07) is 12.7. The Labute approximate surface area is 190 Å². The van der Waals surface area contributed by atoms with Crippen molar-refractivity contribution in [3.8, 4) is 28.3 Å². The molecule has 0 fully saturated rings. The number of carbonyl (C=O) groups excluding carboxylic acids is 1. The van der Waals surface area contributed by atoms with Crippen LogP contribution in [0.4, 0.5) is 13.2 Å². The Bertz CT molecular complexity index is 1050. The maximum Gasteiger partial charge on any atom is 0.425 e. The smallest absolute Gasteiger partial charge is 0.425 e. The van der Waals surface area contributed by atoms with E-state index in [1.165, 1.54) is 12.1 Å². The topological polar surface area (TPSA) is 72.3 Å². The van der Waals surface area contributed by atoms with E-state index >= 15 is 0 Å². The molecule has 8 heteroatoms. The van der Waals surface area contributed by atoms with Crippen molar-refractivity contribution in [1.29, 1.82) is 0 Å². The molecular weight excluding hydrogens is 433 g/mol. The largest absolute Gasteiger partial charge is 0.507 e. The second kappa shape index (κ2) is 10.9. The molecule has 2 aromatic carbocycles. The maximum atomic E-state index is 13.3. The van der Waals surface area contributed by atoms with Crippen molar-refractivity contribution in [2.24, 2.45) is 0 Å². The zero-order valence-electron chi connectivity index (χ0n) is 18.2. The number of unbranched alkanes of at least 4 members (excludes halogenated alkanes) is 3. The van der Waals surface area contributed by atoms with Gasteiger partial charge in [-0.2, -0.15) is 13.2 Å². The third kappa shape index (κ3) is 6.54. The van der Waals surface area contributed by atoms with E-state index in [1.807, 2.05) is 6.92 Å². The summed E-state index contributed by atoms with van der Waals surface area (Å²) in [7, 11) is 0. The number of phenolic OH excluding ortho intramolecular Hbond substituents is 1. The van der Waals surface area contributed by atoms with Crippen LogP contribution in [0.2, 0.25) is 0 Å². The molecule has 0 aliphatic heterocycles. The number of aromatic nitrogens is 2. The molecule has 1 aromatic heterocycles. The lowest BCUT2D eigenvalue weighted by atomic mass is 10.1. The third-order valence-corrected chi connectivity index (χ3v) is 5.18. The fourth-order valence-corrected chi connectivity index (χ4v) is 3.33. The first kappa shape index (κ1) is 24.2. The van der Waals surface area contributed by atoms with Gasteiger partial charge in [0.15, 0.2) is 11.9 Å². The van der Waals surface area contributed by atoms with Gasteiger partial charge >= 0.3 is 12.1 Å². The highest BCUT2D eigenvalue weighted by Gasteiger charge is 2.42. The van der Waals surface area contributed by atoms with Crippen molar-refractivity contribution in [1.82, 2.24) is 9.97 Å². The highest BCUT2D eigenvalue weighted by atomic mass is 19.4. The molecule has 3 rings (SSSR count). The van der Waals surface area contributed by atoms with Crippen molar-refractivity contribution in [3.63, 3.8) is 0 Å². The quantitative estimate of drug-likeness (QED) is 0.290. The number of hydrogen-bond donors (Lipinski definition) is 1. The van der Waals surface area contributed by atoms with Crippen LogP contribution in [0.15, 0.2) is 60.9 Å². The Morgan fingerprint density at radius 3 is 2.24 bits per heavy atom. The number of nitrogens with zero attached hydrogens (tertiary/aromatic N) is 2. The summed E-state index contributed by atoms with van der Waals surface area (Å²) in [6.45, 7) is 1.97. The average Bonchev–Trinajstić information content (AvgIpc) is 2.81. The number of para-hydroxylation sites is 1. The average molecular weight is 458 g/mol. The summed E-state index contributed by atoms with van der Waals surface area (Å²) in [6.07, 6.45) is -1.09. The highest BCUT2D eigenvalue weighted by Crippen LogP contribution is 2.29. The van der Waals surface area contributed by atoms with E-state index in [4.69, 9.17) is 4.74 Å². The molecule has 0 saturated heterocycles. The number of ether oxygens (including phenoxy) is 1. The van der Waals surface area contributed by atoms with Crippen LogP contribution in [0.5, 0.6) is 5.75 Å². The number of aromatic hydroxyl groups is 1. The van der Waals surface area contributed by atoms with E-state index in [2.05, 4.69) is 9.97 Å². The molecule has 1 unspecified atom stereocenters. The van der Waals surface area contributed by atoms with Crippen LogP contribution >= 0.6 is 0 Å². The fraction of sp³-hybridized carbons (Fsp3) is 0.320. The molecule has 1 heterocycles. The molecule has 5 nitrogen and oxygen atoms in total. The lowest BCUT2D eigenvalue weighted by Gasteiger charge is -2.20. The monoisotopic (exact) mass is 458 g/mol. The molecule has 1 N–H and O–H groups in total. The summed E-state index contributed by atoms with van der Waals surface area (Å²) in [4.78, 5) is 20.9. The zero-order valence-corrected chi connectivity index (χ0v) is 18.2. The zero-order chi connectivity index (χ0) is 23.8. The van der Waals surface area contributed by atoms with Crippen molar-refractivity contribution in [2.75, 3.05) is 0 Å². The van der Waals surface area contributed by atoms with Crippen LogP contribution < -0.4 is 0 Å². The van der Waals surface area contributed by atoms with Crippen LogP contribution in [0, 0.1) is 0 Å². The van der Waals surface area contributed by atoms with E-state index < -0.39 is 18.2 Å². The van der Waals surface area contributed by atoms with E-state index in [1.54, 1.807) is 48.8 Å². The summed E-state index contributed by atoms with van der Waals surface area (Å²) in [5, 5.41) is 9.95. The lowest BCUT2D eigenvalue weighted by Crippen LogP contribution is -2.33. The van der Waals surface area contributed by atoms with Crippen LogP contribution in [-0.4, -0.2) is 33.3 Å². The lowest BCUT2D eigenvalue weighted by molar-refractivity contribution is -0.206. The molecule has 0 saturated carbocycles. The van der Waals surface area contributed by atoms with Gasteiger partial charge in [-0.1, -0.05) is 56.5 Å². The van der Waals surface area contributed by atoms with E-state index in [9.17, 15) is 23.1 Å². The van der Waals surface area contributed by atoms with Gasteiger partial charge in [0.1, 0.15) is 5.75 Å². The van der Waals surface area contributed by atoms with Gasteiger partial charge in [0.2, 0.25) is 0 Å². The first-order valence-corrected chi connectivity index (χ1v) is 10.8. The van der Waals surface area contributed by atoms with Crippen LogP contribution in [0.3, 0.4) is 0 Å². The third-order valence-electron chi connectivity index (χ3n) is 5.18. The number of rotatable bonds is 9. The molecule has 0 aliphatic carbocycles. The second-order valence-electron chi connectivity index (χ2n) is 7.67. The molecule has 0 radical (unpaired) electrons. The molecular formula is C25H25F3N2O3. The Kier molecular flexibility index (Phi) is 8.03. The molecule has 1 atom stereocenters. The molecule has 174 valence electrons. The standard InChI is InChI=1S/C25H25F3N2O3/c1-2-3-4-5-10-22(25(26,27)28)33-24(32)18-13-11-17(12-14-18)23-29-15-19(16-30-23)20-8-6-7-9-21(20)31/h6-9,11-16,22,31H,2-5,10H2,1H3. The van der Waals surface area contributed by atoms with Gasteiger partial charge in [-0.3, -0.25) is 0 Å². The van der Waals surface area contributed by atoms with Gasteiger partial charge in [-0.15, -0.1) is 0 Å². The van der Waals surface area contributed by atoms with Crippen molar-refractivity contribution in [2.45, 2.75) is 51.3 Å². The van der Waals surface area contributed by atoms with Crippen LogP contribution in [0.25, 0.3) is 22.5 Å². The summed E-state index contributed by atoms with van der Waals surface area (Å²) >= 11 is 0. The first-order chi connectivity index (χ1) is 15.8. The molecule has 0 amide bonds. The minimum absolute atomic E-state index is 0.0207. The molecule has 0 aliphatic rings. The molecule has 33 heavy (non-hydrogen) atoms. The number of hydrogen-bond acceptors (Lipinski definition) is 5. The van der Waals surface area contributed by atoms with Gasteiger partial charge in [0.05, 0.1) is 5.56 Å². The highest BCUT2D eigenvalue weighted by molar-refractivity contribution is 5.90. The minimum atomic E-state index is -4.61. The molecule has 0 bridgehead atoms. The SMILES string of the molecule is CCCCCCC(OC(=O)c1ccc(-c2ncc(-c3ccccc3O)cn2)cc1)C(F)(F)F. The Morgan fingerprint density at radius 1 is 0.970 bits per heavy atom. The van der Waals surface area contributed by atoms with Gasteiger partial charge in [0.25, 0.3) is 0 Å². The molecule has 0 spiro atoms.